The number of aromatic nitrogens is 4. The molecule has 2 aromatic carbocycles. The van der Waals surface area contributed by atoms with E-state index >= 15 is 0 Å². The monoisotopic (exact) mass is 511 g/mol. The third-order valence-electron chi connectivity index (χ3n) is 6.62. The van der Waals surface area contributed by atoms with E-state index in [1.54, 1.807) is 18.2 Å². The molecule has 0 unspecified atom stereocenters. The minimum atomic E-state index is -4.59. The summed E-state index contributed by atoms with van der Waals surface area (Å²) in [5.41, 5.74) is 0.318. The Hall–Kier alpha value is -3.99. The molecule has 37 heavy (non-hydrogen) atoms. The molecule has 5 rings (SSSR count). The highest BCUT2D eigenvalue weighted by molar-refractivity contribution is 5.94. The third-order valence-corrected chi connectivity index (χ3v) is 6.62. The lowest BCUT2D eigenvalue weighted by atomic mass is 10.0. The number of fused-ring (bicyclic) bond motifs is 1. The maximum Gasteiger partial charge on any atom is 0.433 e. The zero-order valence-electron chi connectivity index (χ0n) is 19.9. The van der Waals surface area contributed by atoms with Gasteiger partial charge in [0.05, 0.1) is 29.5 Å². The number of carbonyl (C=O) groups excluding carboxylic acids is 1. The van der Waals surface area contributed by atoms with Crippen LogP contribution >= 0.6 is 0 Å². The number of alkyl halides is 3. The Morgan fingerprint density at radius 1 is 1.19 bits per heavy atom. The van der Waals surface area contributed by atoms with E-state index in [4.69, 9.17) is 4.74 Å². The highest BCUT2D eigenvalue weighted by Gasteiger charge is 2.36. The maximum absolute atomic E-state index is 13.3. The van der Waals surface area contributed by atoms with Crippen LogP contribution in [0.5, 0.6) is 0 Å². The molecule has 3 heterocycles. The number of benzene rings is 2. The number of halogens is 3. The van der Waals surface area contributed by atoms with Gasteiger partial charge in [-0.15, -0.1) is 0 Å². The number of hydrogen-bond acceptors (Lipinski definition) is 5. The molecule has 1 aliphatic heterocycles. The Bertz CT molecular complexity index is 1510. The fraction of sp³-hybridized carbons (Fsp3) is 0.308. The average Bonchev–Trinajstić information content (AvgIpc) is 3.40. The van der Waals surface area contributed by atoms with E-state index in [-0.39, 0.29) is 39.5 Å². The van der Waals surface area contributed by atoms with Gasteiger partial charge in [-0.2, -0.15) is 18.3 Å². The van der Waals surface area contributed by atoms with Crippen molar-refractivity contribution in [3.8, 4) is 11.1 Å². The predicted octanol–water partition coefficient (Wildman–Crippen LogP) is 4.32. The van der Waals surface area contributed by atoms with Gasteiger partial charge in [0, 0.05) is 30.4 Å². The van der Waals surface area contributed by atoms with Gasteiger partial charge in [-0.3, -0.25) is 19.3 Å². The van der Waals surface area contributed by atoms with Crippen molar-refractivity contribution in [3.05, 3.63) is 82.2 Å². The molecule has 1 atom stereocenters. The SMILES string of the molecule is C[C@H](c1cccc(C(=O)NC2CCOCC2)c1)n1cnc2cc(-c3cn[nH]c3C(F)(F)F)ccc2c1=O. The van der Waals surface area contributed by atoms with Crippen LogP contribution in [-0.2, 0) is 10.9 Å². The second-order valence-corrected chi connectivity index (χ2v) is 9.01. The van der Waals surface area contributed by atoms with Crippen molar-refractivity contribution in [2.75, 3.05) is 13.2 Å². The molecule has 1 saturated heterocycles. The normalized spacial score (nSPS) is 15.6. The first-order chi connectivity index (χ1) is 17.7. The number of H-pyrrole nitrogens is 1. The summed E-state index contributed by atoms with van der Waals surface area (Å²) < 4.78 is 46.6. The van der Waals surface area contributed by atoms with Crippen molar-refractivity contribution in [1.29, 1.82) is 0 Å². The lowest BCUT2D eigenvalue weighted by molar-refractivity contribution is -0.140. The summed E-state index contributed by atoms with van der Waals surface area (Å²) in [5.74, 6) is -0.185. The number of aromatic amines is 1. The van der Waals surface area contributed by atoms with Gasteiger partial charge in [0.15, 0.2) is 0 Å². The maximum atomic E-state index is 13.3. The molecule has 4 aromatic rings. The second-order valence-electron chi connectivity index (χ2n) is 9.01. The van der Waals surface area contributed by atoms with Crippen LogP contribution in [0.2, 0.25) is 0 Å². The van der Waals surface area contributed by atoms with Gasteiger partial charge >= 0.3 is 6.18 Å². The van der Waals surface area contributed by atoms with Crippen LogP contribution in [0.1, 0.15) is 47.4 Å². The molecule has 2 aromatic heterocycles. The van der Waals surface area contributed by atoms with E-state index in [2.05, 4.69) is 15.4 Å². The van der Waals surface area contributed by atoms with Gasteiger partial charge in [-0.05, 0) is 55.2 Å². The van der Waals surface area contributed by atoms with Gasteiger partial charge < -0.3 is 10.1 Å². The number of hydrogen-bond donors (Lipinski definition) is 2. The summed E-state index contributed by atoms with van der Waals surface area (Å²) in [6, 6.07) is 11.0. The van der Waals surface area contributed by atoms with E-state index in [9.17, 15) is 22.8 Å². The molecule has 0 radical (unpaired) electrons. The van der Waals surface area contributed by atoms with Crippen molar-refractivity contribution < 1.29 is 22.7 Å². The third kappa shape index (κ3) is 4.99. The van der Waals surface area contributed by atoms with Crippen molar-refractivity contribution >= 4 is 16.8 Å². The predicted molar refractivity (Wildman–Crippen MR) is 130 cm³/mol. The van der Waals surface area contributed by atoms with E-state index < -0.39 is 17.9 Å². The number of amides is 1. The molecule has 0 aliphatic carbocycles. The Kier molecular flexibility index (Phi) is 6.55. The highest BCUT2D eigenvalue weighted by Crippen LogP contribution is 2.35. The average molecular weight is 512 g/mol. The van der Waals surface area contributed by atoms with E-state index in [1.165, 1.54) is 29.1 Å². The molecule has 192 valence electrons. The molecule has 0 bridgehead atoms. The minimum absolute atomic E-state index is 0.0637. The Morgan fingerprint density at radius 2 is 1.97 bits per heavy atom. The van der Waals surface area contributed by atoms with Crippen molar-refractivity contribution in [2.45, 2.75) is 38.0 Å². The van der Waals surface area contributed by atoms with Gasteiger partial charge in [0.1, 0.15) is 5.69 Å². The molecule has 1 amide bonds. The van der Waals surface area contributed by atoms with E-state index in [0.717, 1.165) is 24.6 Å². The summed E-state index contributed by atoms with van der Waals surface area (Å²) in [6.07, 6.45) is -0.602. The first-order valence-electron chi connectivity index (χ1n) is 11.8. The van der Waals surface area contributed by atoms with Crippen molar-refractivity contribution in [3.63, 3.8) is 0 Å². The zero-order chi connectivity index (χ0) is 26.2. The highest BCUT2D eigenvalue weighted by atomic mass is 19.4. The fourth-order valence-corrected chi connectivity index (χ4v) is 4.51. The van der Waals surface area contributed by atoms with Crippen LogP contribution in [0.4, 0.5) is 13.2 Å². The van der Waals surface area contributed by atoms with Crippen molar-refractivity contribution in [1.82, 2.24) is 25.1 Å². The first kappa shape index (κ1) is 24.7. The van der Waals surface area contributed by atoms with Gasteiger partial charge in [0.2, 0.25) is 0 Å². The Balaban J connectivity index is 1.42. The van der Waals surface area contributed by atoms with Crippen LogP contribution in [0.15, 0.2) is 59.8 Å². The molecule has 11 heteroatoms. The molecular formula is C26H24F3N5O3. The van der Waals surface area contributed by atoms with Crippen LogP contribution in [-0.4, -0.2) is 44.9 Å². The summed E-state index contributed by atoms with van der Waals surface area (Å²) in [5, 5.41) is 8.80. The quantitative estimate of drug-likeness (QED) is 0.416. The number of ether oxygens (including phenoxy) is 1. The zero-order valence-corrected chi connectivity index (χ0v) is 19.9. The van der Waals surface area contributed by atoms with Crippen LogP contribution in [0.3, 0.4) is 0 Å². The number of rotatable bonds is 5. The summed E-state index contributed by atoms with van der Waals surface area (Å²) in [6.45, 7) is 3.06. The Morgan fingerprint density at radius 3 is 2.73 bits per heavy atom. The molecule has 2 N–H and O–H groups in total. The molecule has 0 saturated carbocycles. The smallest absolute Gasteiger partial charge is 0.381 e. The second kappa shape index (κ2) is 9.81. The Labute approximate surface area is 209 Å². The molecular weight excluding hydrogens is 487 g/mol. The lowest BCUT2D eigenvalue weighted by Crippen LogP contribution is -2.38. The lowest BCUT2D eigenvalue weighted by Gasteiger charge is -2.23. The topological polar surface area (TPSA) is 102 Å². The first-order valence-corrected chi connectivity index (χ1v) is 11.8. The largest absolute Gasteiger partial charge is 0.433 e. The van der Waals surface area contributed by atoms with Crippen molar-refractivity contribution in [2.24, 2.45) is 0 Å². The van der Waals surface area contributed by atoms with Crippen LogP contribution in [0.25, 0.3) is 22.0 Å². The summed E-state index contributed by atoms with van der Waals surface area (Å²) in [4.78, 5) is 30.4. The van der Waals surface area contributed by atoms with Gasteiger partial charge in [-0.1, -0.05) is 18.2 Å². The summed E-state index contributed by atoms with van der Waals surface area (Å²) >= 11 is 0. The van der Waals surface area contributed by atoms with E-state index in [1.807, 2.05) is 18.1 Å². The standard InChI is InChI=1S/C26H24F3N5O3/c1-15(16-3-2-4-18(11-16)24(35)32-19-7-9-37-10-8-19)34-14-30-22-12-17(5-6-20(22)25(34)36)21-13-31-33-23(21)26(27,28)29/h2-6,11-15,19H,7-10H2,1H3,(H,31,33)(H,32,35)/t15-/m1/s1. The number of nitrogens with zero attached hydrogens (tertiary/aromatic N) is 3. The summed E-state index contributed by atoms with van der Waals surface area (Å²) in [7, 11) is 0. The fourth-order valence-electron chi connectivity index (χ4n) is 4.51. The number of nitrogens with one attached hydrogen (secondary N) is 2. The molecule has 1 fully saturated rings. The molecule has 8 nitrogen and oxygen atoms in total. The number of carbonyl (C=O) groups is 1. The minimum Gasteiger partial charge on any atom is -0.381 e. The molecule has 0 spiro atoms. The van der Waals surface area contributed by atoms with Gasteiger partial charge in [0.25, 0.3) is 11.5 Å². The van der Waals surface area contributed by atoms with E-state index in [0.29, 0.717) is 18.8 Å². The van der Waals surface area contributed by atoms with Gasteiger partial charge in [-0.25, -0.2) is 4.98 Å². The molecule has 1 aliphatic rings. The van der Waals surface area contributed by atoms with Crippen LogP contribution in [0, 0.1) is 0 Å². The van der Waals surface area contributed by atoms with Crippen LogP contribution < -0.4 is 10.9 Å².